The minimum atomic E-state index is 0.519. The van der Waals surface area contributed by atoms with Crippen molar-refractivity contribution >= 4 is 29.7 Å². The highest BCUT2D eigenvalue weighted by atomic mass is 32.2. The fourth-order valence-electron chi connectivity index (χ4n) is 1.95. The van der Waals surface area contributed by atoms with Crippen LogP contribution in [-0.2, 0) is 0 Å². The largest absolute Gasteiger partial charge is 0.369 e. The van der Waals surface area contributed by atoms with Gasteiger partial charge in [0.25, 0.3) is 5.95 Å². The summed E-state index contributed by atoms with van der Waals surface area (Å²) in [6, 6.07) is 12.0. The molecule has 1 aromatic carbocycles. The van der Waals surface area contributed by atoms with Gasteiger partial charge in [-0.15, -0.1) is 0 Å². The predicted octanol–water partition coefficient (Wildman–Crippen LogP) is 2.73. The summed E-state index contributed by atoms with van der Waals surface area (Å²) in [5.41, 5.74) is 2.64. The summed E-state index contributed by atoms with van der Waals surface area (Å²) in [6.45, 7) is 0. The van der Waals surface area contributed by atoms with Crippen LogP contribution in [0.5, 0.6) is 0 Å². The topological polar surface area (TPSA) is 58.7 Å². The SMILES string of the molecule is CSc1nc(N=CN(C)C)n2nc(-c3ccccc3)cc2n1. The molecule has 0 aliphatic rings. The van der Waals surface area contributed by atoms with E-state index in [4.69, 9.17) is 0 Å². The maximum atomic E-state index is 4.59. The van der Waals surface area contributed by atoms with E-state index in [9.17, 15) is 0 Å². The lowest BCUT2D eigenvalue weighted by molar-refractivity contribution is 0.641. The van der Waals surface area contributed by atoms with Crippen molar-refractivity contribution < 1.29 is 0 Å². The van der Waals surface area contributed by atoms with Gasteiger partial charge in [-0.1, -0.05) is 42.1 Å². The third-order valence-electron chi connectivity index (χ3n) is 2.94. The molecule has 0 spiro atoms. The molecule has 0 aliphatic carbocycles. The van der Waals surface area contributed by atoms with E-state index in [1.54, 1.807) is 10.9 Å². The van der Waals surface area contributed by atoms with Crippen molar-refractivity contribution in [3.63, 3.8) is 0 Å². The zero-order chi connectivity index (χ0) is 15.5. The first-order valence-electron chi connectivity index (χ1n) is 6.75. The van der Waals surface area contributed by atoms with E-state index < -0.39 is 0 Å². The molecule has 0 fully saturated rings. The van der Waals surface area contributed by atoms with Crippen molar-refractivity contribution in [1.29, 1.82) is 0 Å². The highest BCUT2D eigenvalue weighted by molar-refractivity contribution is 7.98. The lowest BCUT2D eigenvalue weighted by Gasteiger charge is -2.04. The molecule has 0 amide bonds. The molecule has 0 saturated carbocycles. The third kappa shape index (κ3) is 2.94. The second-order valence-corrected chi connectivity index (χ2v) is 5.66. The zero-order valence-electron chi connectivity index (χ0n) is 12.6. The molecule has 0 aliphatic heterocycles. The number of rotatable bonds is 4. The molecule has 2 aromatic heterocycles. The van der Waals surface area contributed by atoms with Gasteiger partial charge in [0.2, 0.25) is 0 Å². The van der Waals surface area contributed by atoms with Crippen LogP contribution in [0.4, 0.5) is 5.95 Å². The first-order chi connectivity index (χ1) is 10.7. The Hall–Kier alpha value is -2.41. The second-order valence-electron chi connectivity index (χ2n) is 4.88. The van der Waals surface area contributed by atoms with Gasteiger partial charge in [0.1, 0.15) is 0 Å². The van der Waals surface area contributed by atoms with Crippen LogP contribution in [0, 0.1) is 0 Å². The standard InChI is InChI=1S/C15H16N6S/c1-20(2)10-16-14-18-15(22-3)17-13-9-12(19-21(13)14)11-7-5-4-6-8-11/h4-10H,1-3H3. The van der Waals surface area contributed by atoms with Crippen molar-refractivity contribution in [2.24, 2.45) is 4.99 Å². The molecule has 112 valence electrons. The summed E-state index contributed by atoms with van der Waals surface area (Å²) in [5.74, 6) is 0.519. The maximum Gasteiger partial charge on any atom is 0.256 e. The fraction of sp³-hybridized carbons (Fsp3) is 0.200. The zero-order valence-corrected chi connectivity index (χ0v) is 13.4. The van der Waals surface area contributed by atoms with E-state index in [-0.39, 0.29) is 0 Å². The van der Waals surface area contributed by atoms with Crippen LogP contribution in [0.3, 0.4) is 0 Å². The Labute approximate surface area is 132 Å². The molecule has 3 rings (SSSR count). The van der Waals surface area contributed by atoms with E-state index in [0.717, 1.165) is 16.9 Å². The monoisotopic (exact) mass is 312 g/mol. The van der Waals surface area contributed by atoms with Crippen LogP contribution in [0.2, 0.25) is 0 Å². The molecule has 0 bridgehead atoms. The summed E-state index contributed by atoms with van der Waals surface area (Å²) >= 11 is 1.49. The molecular formula is C15H16N6S. The molecule has 2 heterocycles. The molecule has 0 saturated heterocycles. The minimum Gasteiger partial charge on any atom is -0.369 e. The second kappa shape index (κ2) is 6.15. The van der Waals surface area contributed by atoms with Gasteiger partial charge in [-0.2, -0.15) is 14.6 Å². The van der Waals surface area contributed by atoms with Crippen molar-refractivity contribution in [3.05, 3.63) is 36.4 Å². The number of fused-ring (bicyclic) bond motifs is 1. The molecule has 0 radical (unpaired) electrons. The van der Waals surface area contributed by atoms with Crippen LogP contribution >= 0.6 is 11.8 Å². The van der Waals surface area contributed by atoms with Gasteiger partial charge in [0.15, 0.2) is 10.8 Å². The normalized spacial score (nSPS) is 11.4. The molecule has 0 N–H and O–H groups in total. The molecule has 3 aromatic rings. The molecular weight excluding hydrogens is 296 g/mol. The Kier molecular flexibility index (Phi) is 4.06. The quantitative estimate of drug-likeness (QED) is 0.421. The molecule has 22 heavy (non-hydrogen) atoms. The number of thioether (sulfide) groups is 1. The van der Waals surface area contributed by atoms with E-state index in [1.807, 2.05) is 61.6 Å². The van der Waals surface area contributed by atoms with Gasteiger partial charge in [-0.3, -0.25) is 0 Å². The van der Waals surface area contributed by atoms with Crippen LogP contribution in [0.1, 0.15) is 0 Å². The van der Waals surface area contributed by atoms with Gasteiger partial charge in [0.05, 0.1) is 12.0 Å². The molecule has 0 unspecified atom stereocenters. The number of benzene rings is 1. The van der Waals surface area contributed by atoms with Crippen LogP contribution < -0.4 is 0 Å². The minimum absolute atomic E-state index is 0.519. The van der Waals surface area contributed by atoms with Crippen molar-refractivity contribution in [1.82, 2.24) is 24.5 Å². The summed E-state index contributed by atoms with van der Waals surface area (Å²) in [6.07, 6.45) is 3.65. The Balaban J connectivity index is 2.15. The predicted molar refractivity (Wildman–Crippen MR) is 89.8 cm³/mol. The molecule has 0 atom stereocenters. The van der Waals surface area contributed by atoms with E-state index >= 15 is 0 Å². The fourth-order valence-corrected chi connectivity index (χ4v) is 2.30. The summed E-state index contributed by atoms with van der Waals surface area (Å²) in [5, 5.41) is 5.27. The number of hydrogen-bond acceptors (Lipinski definition) is 5. The number of aliphatic imine (C=N–C) groups is 1. The highest BCUT2D eigenvalue weighted by Crippen LogP contribution is 2.23. The molecule has 7 heteroatoms. The van der Waals surface area contributed by atoms with Crippen molar-refractivity contribution in [2.75, 3.05) is 20.4 Å². The lowest BCUT2D eigenvalue weighted by Crippen LogP contribution is -2.08. The smallest absolute Gasteiger partial charge is 0.256 e. The van der Waals surface area contributed by atoms with Gasteiger partial charge >= 0.3 is 0 Å². The summed E-state index contributed by atoms with van der Waals surface area (Å²) < 4.78 is 1.67. The van der Waals surface area contributed by atoms with Crippen molar-refractivity contribution in [2.45, 2.75) is 5.16 Å². The Bertz CT molecular complexity index is 810. The number of aromatic nitrogens is 4. The van der Waals surface area contributed by atoms with E-state index in [0.29, 0.717) is 11.1 Å². The van der Waals surface area contributed by atoms with Crippen LogP contribution in [0.15, 0.2) is 46.5 Å². The van der Waals surface area contributed by atoms with Crippen molar-refractivity contribution in [3.8, 4) is 11.3 Å². The third-order valence-corrected chi connectivity index (χ3v) is 3.49. The lowest BCUT2D eigenvalue weighted by atomic mass is 10.2. The number of nitrogens with zero attached hydrogens (tertiary/aromatic N) is 6. The van der Waals surface area contributed by atoms with Gasteiger partial charge in [-0.05, 0) is 6.26 Å². The Morgan fingerprint density at radius 3 is 2.64 bits per heavy atom. The average Bonchev–Trinajstić information content (AvgIpc) is 2.97. The maximum absolute atomic E-state index is 4.59. The van der Waals surface area contributed by atoms with Gasteiger partial charge in [0, 0.05) is 25.7 Å². The molecule has 6 nitrogen and oxygen atoms in total. The van der Waals surface area contributed by atoms with E-state index in [2.05, 4.69) is 20.1 Å². The average molecular weight is 312 g/mol. The highest BCUT2D eigenvalue weighted by Gasteiger charge is 2.11. The number of hydrogen-bond donors (Lipinski definition) is 0. The van der Waals surface area contributed by atoms with E-state index in [1.165, 1.54) is 11.8 Å². The van der Waals surface area contributed by atoms with Gasteiger partial charge < -0.3 is 4.90 Å². The summed E-state index contributed by atoms with van der Waals surface area (Å²) in [7, 11) is 3.83. The Morgan fingerprint density at radius 2 is 1.95 bits per heavy atom. The first-order valence-corrected chi connectivity index (χ1v) is 7.97. The first kappa shape index (κ1) is 14.5. The van der Waals surface area contributed by atoms with Gasteiger partial charge in [-0.25, -0.2) is 9.98 Å². The summed E-state index contributed by atoms with van der Waals surface area (Å²) in [4.78, 5) is 15.2. The van der Waals surface area contributed by atoms with Crippen LogP contribution in [0.25, 0.3) is 16.9 Å². The van der Waals surface area contributed by atoms with Crippen LogP contribution in [-0.4, -0.2) is 51.2 Å². The Morgan fingerprint density at radius 1 is 1.18 bits per heavy atom.